The molecule has 1 aliphatic heterocycles. The van der Waals surface area contributed by atoms with Crippen molar-refractivity contribution in [3.63, 3.8) is 0 Å². The minimum absolute atomic E-state index is 0.00890. The van der Waals surface area contributed by atoms with Gasteiger partial charge in [-0.05, 0) is 55.2 Å². The van der Waals surface area contributed by atoms with E-state index in [2.05, 4.69) is 5.32 Å². The first-order valence-electron chi connectivity index (χ1n) is 10.0. The highest BCUT2D eigenvalue weighted by molar-refractivity contribution is 5.97. The van der Waals surface area contributed by atoms with E-state index in [9.17, 15) is 14.0 Å². The Kier molecular flexibility index (Phi) is 6.99. The lowest BCUT2D eigenvalue weighted by molar-refractivity contribution is -0.116. The number of nitrogens with zero attached hydrogens (tertiary/aromatic N) is 1. The van der Waals surface area contributed by atoms with Gasteiger partial charge in [-0.25, -0.2) is 4.39 Å². The fourth-order valence-corrected chi connectivity index (χ4v) is 3.59. The van der Waals surface area contributed by atoms with E-state index in [1.54, 1.807) is 41.3 Å². The highest BCUT2D eigenvalue weighted by atomic mass is 19.1. The maximum atomic E-state index is 13.1. The zero-order chi connectivity index (χ0) is 20.8. The number of rotatable bonds is 6. The molecule has 3 rings (SSSR count). The number of carbonyl (C=O) groups is 2. The van der Waals surface area contributed by atoms with Gasteiger partial charge in [0.15, 0.2) is 0 Å². The molecule has 2 aromatic carbocycles. The van der Waals surface area contributed by atoms with Gasteiger partial charge in [-0.1, -0.05) is 25.1 Å². The summed E-state index contributed by atoms with van der Waals surface area (Å²) in [6.45, 7) is 5.60. The molecule has 1 saturated heterocycles. The summed E-state index contributed by atoms with van der Waals surface area (Å²) >= 11 is 0. The van der Waals surface area contributed by atoms with Gasteiger partial charge in [0, 0.05) is 24.2 Å². The second-order valence-corrected chi connectivity index (χ2v) is 7.41. The van der Waals surface area contributed by atoms with Gasteiger partial charge in [-0.15, -0.1) is 0 Å². The number of ether oxygens (including phenoxy) is 1. The number of anilines is 1. The fraction of sp³-hybridized carbons (Fsp3) is 0.391. The Bertz CT molecular complexity index is 853. The van der Waals surface area contributed by atoms with Crippen molar-refractivity contribution in [2.45, 2.75) is 38.6 Å². The van der Waals surface area contributed by atoms with E-state index in [0.29, 0.717) is 37.4 Å². The summed E-state index contributed by atoms with van der Waals surface area (Å²) < 4.78 is 18.5. The van der Waals surface area contributed by atoms with Crippen LogP contribution < -0.4 is 5.32 Å². The summed E-state index contributed by atoms with van der Waals surface area (Å²) in [6, 6.07) is 13.3. The minimum Gasteiger partial charge on any atom is -0.377 e. The van der Waals surface area contributed by atoms with Crippen LogP contribution in [-0.2, 0) is 9.53 Å². The topological polar surface area (TPSA) is 58.6 Å². The van der Waals surface area contributed by atoms with Gasteiger partial charge in [-0.2, -0.15) is 0 Å². The number of amides is 2. The van der Waals surface area contributed by atoms with E-state index in [4.69, 9.17) is 4.74 Å². The second-order valence-electron chi connectivity index (χ2n) is 7.41. The summed E-state index contributed by atoms with van der Waals surface area (Å²) in [7, 11) is 0. The Morgan fingerprint density at radius 1 is 1.24 bits per heavy atom. The maximum absolute atomic E-state index is 13.1. The number of halogens is 1. The maximum Gasteiger partial charge on any atom is 0.254 e. The van der Waals surface area contributed by atoms with E-state index in [0.717, 1.165) is 12.0 Å². The van der Waals surface area contributed by atoms with Crippen LogP contribution in [0.15, 0.2) is 48.5 Å². The highest BCUT2D eigenvalue weighted by Crippen LogP contribution is 2.24. The van der Waals surface area contributed by atoms with Gasteiger partial charge in [0.1, 0.15) is 5.82 Å². The normalized spacial score (nSPS) is 17.6. The molecule has 2 atom stereocenters. The average molecular weight is 398 g/mol. The zero-order valence-corrected chi connectivity index (χ0v) is 16.9. The lowest BCUT2D eigenvalue weighted by atomic mass is 9.93. The van der Waals surface area contributed by atoms with Crippen molar-refractivity contribution in [2.75, 3.05) is 25.1 Å². The lowest BCUT2D eigenvalue weighted by Gasteiger charge is -2.33. The molecule has 6 heteroatoms. The molecule has 1 N–H and O–H groups in total. The number of hydrogen-bond acceptors (Lipinski definition) is 3. The average Bonchev–Trinajstić information content (AvgIpc) is 2.73. The fourth-order valence-electron chi connectivity index (χ4n) is 3.59. The van der Waals surface area contributed by atoms with E-state index in [1.807, 2.05) is 13.8 Å². The molecule has 0 spiro atoms. The van der Waals surface area contributed by atoms with E-state index < -0.39 is 0 Å². The Balaban J connectivity index is 1.65. The highest BCUT2D eigenvalue weighted by Gasteiger charge is 2.25. The molecule has 2 unspecified atom stereocenters. The van der Waals surface area contributed by atoms with Crippen LogP contribution in [-0.4, -0.2) is 42.5 Å². The molecule has 2 amide bonds. The van der Waals surface area contributed by atoms with Gasteiger partial charge in [0.25, 0.3) is 5.91 Å². The second kappa shape index (κ2) is 9.65. The number of carbonyl (C=O) groups excluding carboxylic acids is 2. The van der Waals surface area contributed by atoms with Crippen LogP contribution in [0, 0.1) is 5.82 Å². The first kappa shape index (κ1) is 21.0. The quantitative estimate of drug-likeness (QED) is 0.793. The van der Waals surface area contributed by atoms with Crippen molar-refractivity contribution in [3.05, 3.63) is 65.5 Å². The number of morpholine rings is 1. The van der Waals surface area contributed by atoms with Gasteiger partial charge in [-0.3, -0.25) is 9.59 Å². The smallest absolute Gasteiger partial charge is 0.254 e. The molecular formula is C23H27FN2O3. The predicted molar refractivity (Wildman–Crippen MR) is 110 cm³/mol. The molecule has 5 nitrogen and oxygen atoms in total. The Morgan fingerprint density at radius 3 is 2.69 bits per heavy atom. The minimum atomic E-state index is -0.288. The van der Waals surface area contributed by atoms with Crippen molar-refractivity contribution >= 4 is 17.5 Å². The number of hydrogen-bond donors (Lipinski definition) is 1. The molecule has 1 aliphatic rings. The number of nitrogens with one attached hydrogen (secondary N) is 1. The van der Waals surface area contributed by atoms with Crippen LogP contribution in [0.5, 0.6) is 0 Å². The van der Waals surface area contributed by atoms with Crippen molar-refractivity contribution in [1.29, 1.82) is 0 Å². The third-order valence-corrected chi connectivity index (χ3v) is 5.29. The van der Waals surface area contributed by atoms with Crippen LogP contribution in [0.2, 0.25) is 0 Å². The Hall–Kier alpha value is -2.73. The molecule has 0 radical (unpaired) electrons. The third-order valence-electron chi connectivity index (χ3n) is 5.29. The van der Waals surface area contributed by atoms with Crippen LogP contribution in [0.1, 0.15) is 48.5 Å². The predicted octanol–water partition coefficient (Wildman–Crippen LogP) is 4.21. The van der Waals surface area contributed by atoms with Crippen molar-refractivity contribution in [2.24, 2.45) is 0 Å². The van der Waals surface area contributed by atoms with Crippen LogP contribution in [0.25, 0.3) is 0 Å². The van der Waals surface area contributed by atoms with Crippen LogP contribution >= 0.6 is 0 Å². The molecule has 0 saturated carbocycles. The van der Waals surface area contributed by atoms with Gasteiger partial charge >= 0.3 is 0 Å². The first-order chi connectivity index (χ1) is 14.0. The summed E-state index contributed by atoms with van der Waals surface area (Å²) in [4.78, 5) is 27.2. The molecule has 0 aliphatic carbocycles. The molecule has 154 valence electrons. The molecule has 1 fully saturated rings. The molecule has 0 aromatic heterocycles. The zero-order valence-electron chi connectivity index (χ0n) is 16.9. The van der Waals surface area contributed by atoms with Crippen molar-refractivity contribution in [1.82, 2.24) is 4.90 Å². The van der Waals surface area contributed by atoms with E-state index >= 15 is 0 Å². The summed E-state index contributed by atoms with van der Waals surface area (Å²) in [5, 5.41) is 2.89. The molecular weight excluding hydrogens is 371 g/mol. The monoisotopic (exact) mass is 398 g/mol. The summed E-state index contributed by atoms with van der Waals surface area (Å²) in [6.07, 6.45) is 1.06. The van der Waals surface area contributed by atoms with E-state index in [-0.39, 0.29) is 29.6 Å². The molecule has 2 aromatic rings. The SMILES string of the molecule is CCC(CC(=O)Nc1cccc(C(=O)N2CCOCC2C)c1)c1ccc(F)cc1. The van der Waals surface area contributed by atoms with Crippen LogP contribution in [0.4, 0.5) is 10.1 Å². The standard InChI is InChI=1S/C23H27FN2O3/c1-3-17(18-7-9-20(24)10-8-18)14-22(27)25-21-6-4-5-19(13-21)23(28)26-11-12-29-15-16(26)2/h4-10,13,16-17H,3,11-12,14-15H2,1-2H3,(H,25,27). The lowest BCUT2D eigenvalue weighted by Crippen LogP contribution is -2.47. The molecule has 29 heavy (non-hydrogen) atoms. The van der Waals surface area contributed by atoms with Crippen molar-refractivity contribution in [3.8, 4) is 0 Å². The summed E-state index contributed by atoms with van der Waals surface area (Å²) in [5.41, 5.74) is 2.08. The van der Waals surface area contributed by atoms with Crippen LogP contribution in [0.3, 0.4) is 0 Å². The van der Waals surface area contributed by atoms with Crippen molar-refractivity contribution < 1.29 is 18.7 Å². The largest absolute Gasteiger partial charge is 0.377 e. The first-order valence-corrected chi connectivity index (χ1v) is 10.0. The Morgan fingerprint density at radius 2 is 2.00 bits per heavy atom. The van der Waals surface area contributed by atoms with Gasteiger partial charge < -0.3 is 15.0 Å². The Labute approximate surface area is 170 Å². The van der Waals surface area contributed by atoms with Gasteiger partial charge in [0.2, 0.25) is 5.91 Å². The van der Waals surface area contributed by atoms with E-state index in [1.165, 1.54) is 12.1 Å². The third kappa shape index (κ3) is 5.41. The molecule has 0 bridgehead atoms. The van der Waals surface area contributed by atoms with Gasteiger partial charge in [0.05, 0.1) is 19.3 Å². The number of benzene rings is 2. The summed E-state index contributed by atoms with van der Waals surface area (Å²) in [5.74, 6) is -0.473. The molecule has 1 heterocycles.